The van der Waals surface area contributed by atoms with E-state index in [9.17, 15) is 14.7 Å². The highest BCUT2D eigenvalue weighted by Gasteiger charge is 2.35. The van der Waals surface area contributed by atoms with E-state index in [0.717, 1.165) is 5.39 Å². The van der Waals surface area contributed by atoms with Crippen molar-refractivity contribution in [1.29, 1.82) is 0 Å². The predicted molar refractivity (Wildman–Crippen MR) is 69.0 cm³/mol. The third kappa shape index (κ3) is 2.02. The smallest absolute Gasteiger partial charge is 0.341 e. The summed E-state index contributed by atoms with van der Waals surface area (Å²) < 4.78 is 5.24. The van der Waals surface area contributed by atoms with Crippen molar-refractivity contribution in [3.05, 3.63) is 46.3 Å². The molecular weight excluding hydrogens is 246 g/mol. The Morgan fingerprint density at radius 3 is 2.95 bits per heavy atom. The minimum Gasteiger partial charge on any atom is -0.481 e. The number of fused-ring (bicyclic) bond motifs is 1. The zero-order chi connectivity index (χ0) is 13.4. The van der Waals surface area contributed by atoms with E-state index in [0.29, 0.717) is 24.1 Å². The zero-order valence-corrected chi connectivity index (χ0v) is 10.1. The summed E-state index contributed by atoms with van der Waals surface area (Å²) in [6.45, 7) is 0.591. The van der Waals surface area contributed by atoms with Crippen molar-refractivity contribution < 1.29 is 14.3 Å². The Bertz CT molecular complexity index is 691. The van der Waals surface area contributed by atoms with Crippen LogP contribution in [0.15, 0.2) is 39.5 Å². The van der Waals surface area contributed by atoms with Crippen LogP contribution in [0.25, 0.3) is 11.0 Å². The first kappa shape index (κ1) is 11.9. The molecule has 2 unspecified atom stereocenters. The molecule has 0 radical (unpaired) electrons. The highest BCUT2D eigenvalue weighted by Crippen LogP contribution is 2.29. The molecule has 1 aliphatic heterocycles. The molecule has 98 valence electrons. The van der Waals surface area contributed by atoms with Gasteiger partial charge in [0, 0.05) is 5.39 Å². The summed E-state index contributed by atoms with van der Waals surface area (Å²) in [5.41, 5.74) is 0.439. The molecule has 0 spiro atoms. The number of benzene rings is 1. The van der Waals surface area contributed by atoms with Gasteiger partial charge in [-0.05, 0) is 25.1 Å². The van der Waals surface area contributed by atoms with Crippen LogP contribution in [-0.4, -0.2) is 17.6 Å². The highest BCUT2D eigenvalue weighted by atomic mass is 16.4. The van der Waals surface area contributed by atoms with Crippen LogP contribution in [0.4, 0.5) is 0 Å². The Labute approximate surface area is 108 Å². The summed E-state index contributed by atoms with van der Waals surface area (Å²) in [6, 6.07) is 8.45. The van der Waals surface area contributed by atoms with Crippen molar-refractivity contribution in [1.82, 2.24) is 5.32 Å². The Balaban J connectivity index is 2.12. The first-order valence-electron chi connectivity index (χ1n) is 6.16. The van der Waals surface area contributed by atoms with E-state index in [-0.39, 0.29) is 0 Å². The Hall–Kier alpha value is -2.14. The normalized spacial score (nSPS) is 22.7. The fourth-order valence-electron chi connectivity index (χ4n) is 2.59. The predicted octanol–water partition coefficient (Wildman–Crippen LogP) is 1.53. The molecule has 1 fully saturated rings. The average molecular weight is 259 g/mol. The number of aliphatic carboxylic acids is 1. The monoisotopic (exact) mass is 259 g/mol. The van der Waals surface area contributed by atoms with Crippen LogP contribution in [0.3, 0.4) is 0 Å². The Kier molecular flexibility index (Phi) is 2.83. The van der Waals surface area contributed by atoms with E-state index in [4.69, 9.17) is 4.42 Å². The fourth-order valence-corrected chi connectivity index (χ4v) is 2.59. The SMILES string of the molecule is O=C(O)C1CCNC1c1cc2ccccc2oc1=O. The topological polar surface area (TPSA) is 79.5 Å². The number of hydrogen-bond donors (Lipinski definition) is 2. The fraction of sp³-hybridized carbons (Fsp3) is 0.286. The lowest BCUT2D eigenvalue weighted by atomic mass is 9.95. The number of para-hydroxylation sites is 1. The molecule has 0 bridgehead atoms. The maximum Gasteiger partial charge on any atom is 0.341 e. The standard InChI is InChI=1S/C14H13NO4/c16-13(17)9-5-6-15-12(9)10-7-8-3-1-2-4-11(8)19-14(10)18/h1-4,7,9,12,15H,5-6H2,(H,16,17). The maximum absolute atomic E-state index is 12.0. The third-order valence-electron chi connectivity index (χ3n) is 3.54. The minimum absolute atomic E-state index is 0.392. The number of hydrogen-bond acceptors (Lipinski definition) is 4. The van der Waals surface area contributed by atoms with Crippen LogP contribution in [0.2, 0.25) is 0 Å². The zero-order valence-electron chi connectivity index (χ0n) is 10.1. The number of rotatable bonds is 2. The lowest BCUT2D eigenvalue weighted by Gasteiger charge is -2.15. The van der Waals surface area contributed by atoms with Gasteiger partial charge in [-0.1, -0.05) is 18.2 Å². The van der Waals surface area contributed by atoms with Gasteiger partial charge in [-0.2, -0.15) is 0 Å². The van der Waals surface area contributed by atoms with Crippen LogP contribution < -0.4 is 10.9 Å². The summed E-state index contributed by atoms with van der Waals surface area (Å²) in [5.74, 6) is -1.47. The first-order chi connectivity index (χ1) is 9.16. The van der Waals surface area contributed by atoms with Crippen molar-refractivity contribution >= 4 is 16.9 Å². The van der Waals surface area contributed by atoms with Crippen LogP contribution in [0.1, 0.15) is 18.0 Å². The van der Waals surface area contributed by atoms with Crippen molar-refractivity contribution in [2.45, 2.75) is 12.5 Å². The lowest BCUT2D eigenvalue weighted by molar-refractivity contribution is -0.142. The molecule has 1 aromatic heterocycles. The summed E-state index contributed by atoms with van der Waals surface area (Å²) >= 11 is 0. The molecule has 2 atom stereocenters. The molecule has 5 nitrogen and oxygen atoms in total. The maximum atomic E-state index is 12.0. The largest absolute Gasteiger partial charge is 0.481 e. The Morgan fingerprint density at radius 2 is 2.16 bits per heavy atom. The molecular formula is C14H13NO4. The van der Waals surface area contributed by atoms with Gasteiger partial charge < -0.3 is 14.8 Å². The van der Waals surface area contributed by atoms with Crippen molar-refractivity contribution in [2.24, 2.45) is 5.92 Å². The molecule has 1 aromatic carbocycles. The molecule has 0 aliphatic carbocycles. The van der Waals surface area contributed by atoms with Gasteiger partial charge in [0.05, 0.1) is 17.5 Å². The van der Waals surface area contributed by atoms with Gasteiger partial charge in [0.25, 0.3) is 0 Å². The van der Waals surface area contributed by atoms with Crippen molar-refractivity contribution in [3.8, 4) is 0 Å². The van der Waals surface area contributed by atoms with Gasteiger partial charge in [0.2, 0.25) is 0 Å². The van der Waals surface area contributed by atoms with E-state index < -0.39 is 23.6 Å². The average Bonchev–Trinajstić information content (AvgIpc) is 2.87. The number of nitrogens with one attached hydrogen (secondary N) is 1. The van der Waals surface area contributed by atoms with Crippen molar-refractivity contribution in [3.63, 3.8) is 0 Å². The van der Waals surface area contributed by atoms with Gasteiger partial charge >= 0.3 is 11.6 Å². The van der Waals surface area contributed by atoms with Gasteiger partial charge in [-0.25, -0.2) is 4.79 Å². The van der Waals surface area contributed by atoms with Crippen molar-refractivity contribution in [2.75, 3.05) is 6.54 Å². The molecule has 3 rings (SSSR count). The van der Waals surface area contributed by atoms with Crippen LogP contribution in [0, 0.1) is 5.92 Å². The molecule has 2 aromatic rings. The molecule has 19 heavy (non-hydrogen) atoms. The second-order valence-electron chi connectivity index (χ2n) is 4.69. The lowest BCUT2D eigenvalue weighted by Crippen LogP contribution is -2.27. The van der Waals surface area contributed by atoms with E-state index in [1.54, 1.807) is 18.2 Å². The van der Waals surface area contributed by atoms with Gasteiger partial charge in [-0.3, -0.25) is 4.79 Å². The molecule has 1 saturated heterocycles. The Morgan fingerprint density at radius 1 is 1.37 bits per heavy atom. The number of carboxylic acids is 1. The van der Waals surface area contributed by atoms with Crippen LogP contribution >= 0.6 is 0 Å². The highest BCUT2D eigenvalue weighted by molar-refractivity contribution is 5.77. The molecule has 0 saturated carbocycles. The second-order valence-corrected chi connectivity index (χ2v) is 4.69. The molecule has 1 aliphatic rings. The minimum atomic E-state index is -0.887. The van der Waals surface area contributed by atoms with E-state index >= 15 is 0 Å². The van der Waals surface area contributed by atoms with E-state index in [1.165, 1.54) is 0 Å². The number of carbonyl (C=O) groups is 1. The summed E-state index contributed by atoms with van der Waals surface area (Å²) in [4.78, 5) is 23.2. The summed E-state index contributed by atoms with van der Waals surface area (Å²) in [7, 11) is 0. The van der Waals surface area contributed by atoms with Crippen LogP contribution in [0.5, 0.6) is 0 Å². The third-order valence-corrected chi connectivity index (χ3v) is 3.54. The summed E-state index contributed by atoms with van der Waals surface area (Å²) in [5, 5.41) is 13.0. The van der Waals surface area contributed by atoms with Gasteiger partial charge in [-0.15, -0.1) is 0 Å². The van der Waals surface area contributed by atoms with Gasteiger partial charge in [0.1, 0.15) is 5.58 Å². The quantitative estimate of drug-likeness (QED) is 0.799. The van der Waals surface area contributed by atoms with Gasteiger partial charge in [0.15, 0.2) is 0 Å². The van der Waals surface area contributed by atoms with Crippen LogP contribution in [-0.2, 0) is 4.79 Å². The molecule has 5 heteroatoms. The van der Waals surface area contributed by atoms with E-state index in [2.05, 4.69) is 5.32 Å². The second kappa shape index (κ2) is 4.51. The first-order valence-corrected chi connectivity index (χ1v) is 6.16. The summed E-state index contributed by atoms with van der Waals surface area (Å²) in [6.07, 6.45) is 0.520. The number of carboxylic acid groups (broad SMARTS) is 1. The molecule has 2 N–H and O–H groups in total. The molecule has 2 heterocycles. The van der Waals surface area contributed by atoms with E-state index in [1.807, 2.05) is 12.1 Å². The molecule has 0 amide bonds.